The molecule has 0 aromatic heterocycles. The molecule has 2 atom stereocenters. The number of carbonyl (C=O) groups excluding carboxylic acids is 2. The van der Waals surface area contributed by atoms with Crippen LogP contribution >= 0.6 is 11.6 Å². The van der Waals surface area contributed by atoms with Crippen LogP contribution in [0.25, 0.3) is 0 Å². The maximum absolute atomic E-state index is 12.7. The molecule has 0 unspecified atom stereocenters. The minimum Gasteiger partial charge on any atom is -0.378 e. The lowest BCUT2D eigenvalue weighted by Crippen LogP contribution is -2.41. The molecule has 2 heterocycles. The van der Waals surface area contributed by atoms with Gasteiger partial charge in [-0.25, -0.2) is 4.79 Å². The minimum atomic E-state index is -1.06. The summed E-state index contributed by atoms with van der Waals surface area (Å²) in [6.45, 7) is 2.86. The summed E-state index contributed by atoms with van der Waals surface area (Å²) in [5.74, 6) is -0.238. The molecule has 3 rings (SSSR count). The largest absolute Gasteiger partial charge is 0.378 e. The van der Waals surface area contributed by atoms with E-state index in [1.807, 2.05) is 0 Å². The van der Waals surface area contributed by atoms with Crippen LogP contribution < -0.4 is 5.32 Å². The third kappa shape index (κ3) is 2.71. The van der Waals surface area contributed by atoms with Crippen LogP contribution in [-0.2, 0) is 15.1 Å². The van der Waals surface area contributed by atoms with Crippen molar-refractivity contribution in [3.05, 3.63) is 34.9 Å². The number of ether oxygens (including phenoxy) is 1. The number of halogens is 1. The lowest BCUT2D eigenvalue weighted by atomic mass is 9.92. The standard InChI is InChI=1S/C16H19ClN2O3/c1-16(11-4-2-5-12(17)10-11)14(20)19(15(21)18-16)8-7-13-6-3-9-22-13/h2,4-5,10,13H,3,6-9H2,1H3,(H,18,21)/t13-,16+/m1/s1. The third-order valence-electron chi connectivity index (χ3n) is 4.38. The number of hydrogen-bond acceptors (Lipinski definition) is 3. The molecule has 0 spiro atoms. The Kier molecular flexibility index (Phi) is 4.10. The van der Waals surface area contributed by atoms with Gasteiger partial charge in [0.05, 0.1) is 6.10 Å². The molecule has 1 aromatic rings. The number of urea groups is 1. The number of benzene rings is 1. The summed E-state index contributed by atoms with van der Waals surface area (Å²) in [5, 5.41) is 3.33. The van der Waals surface area contributed by atoms with Gasteiger partial charge in [-0.1, -0.05) is 23.7 Å². The second-order valence-electron chi connectivity index (χ2n) is 5.95. The molecule has 5 nitrogen and oxygen atoms in total. The van der Waals surface area contributed by atoms with Crippen LogP contribution in [-0.4, -0.2) is 36.1 Å². The van der Waals surface area contributed by atoms with Gasteiger partial charge in [0.15, 0.2) is 0 Å². The van der Waals surface area contributed by atoms with Gasteiger partial charge in [-0.3, -0.25) is 9.69 Å². The van der Waals surface area contributed by atoms with Crippen molar-refractivity contribution < 1.29 is 14.3 Å². The van der Waals surface area contributed by atoms with Crippen molar-refractivity contribution >= 4 is 23.5 Å². The molecule has 0 bridgehead atoms. The van der Waals surface area contributed by atoms with Crippen molar-refractivity contribution in [2.45, 2.75) is 37.8 Å². The maximum atomic E-state index is 12.7. The smallest absolute Gasteiger partial charge is 0.325 e. The van der Waals surface area contributed by atoms with E-state index < -0.39 is 5.54 Å². The summed E-state index contributed by atoms with van der Waals surface area (Å²) >= 11 is 6.00. The van der Waals surface area contributed by atoms with Crippen molar-refractivity contribution in [3.63, 3.8) is 0 Å². The molecule has 0 aliphatic carbocycles. The zero-order chi connectivity index (χ0) is 15.7. The molecule has 2 fully saturated rings. The molecule has 1 aromatic carbocycles. The van der Waals surface area contributed by atoms with Crippen LogP contribution in [0.3, 0.4) is 0 Å². The van der Waals surface area contributed by atoms with Crippen LogP contribution in [0.1, 0.15) is 31.7 Å². The molecule has 1 N–H and O–H groups in total. The Hall–Kier alpha value is -1.59. The highest BCUT2D eigenvalue weighted by Gasteiger charge is 2.48. The van der Waals surface area contributed by atoms with Gasteiger partial charge in [-0.05, 0) is 43.9 Å². The Balaban J connectivity index is 1.75. The maximum Gasteiger partial charge on any atom is 0.325 e. The Morgan fingerprint density at radius 3 is 2.95 bits per heavy atom. The summed E-state index contributed by atoms with van der Waals surface area (Å²) in [5.41, 5.74) is -0.364. The fourth-order valence-corrected chi connectivity index (χ4v) is 3.23. The Morgan fingerprint density at radius 1 is 1.45 bits per heavy atom. The predicted octanol–water partition coefficient (Wildman–Crippen LogP) is 2.68. The second kappa shape index (κ2) is 5.89. The first-order chi connectivity index (χ1) is 10.5. The van der Waals surface area contributed by atoms with E-state index in [0.717, 1.165) is 19.4 Å². The monoisotopic (exact) mass is 322 g/mol. The van der Waals surface area contributed by atoms with Gasteiger partial charge in [0.1, 0.15) is 5.54 Å². The summed E-state index contributed by atoms with van der Waals surface area (Å²) in [6, 6.07) is 6.67. The molecule has 2 saturated heterocycles. The molecule has 3 amide bonds. The van der Waals surface area contributed by atoms with Crippen LogP contribution in [0.15, 0.2) is 24.3 Å². The first kappa shape index (κ1) is 15.3. The zero-order valence-corrected chi connectivity index (χ0v) is 13.2. The second-order valence-corrected chi connectivity index (χ2v) is 6.38. The Morgan fingerprint density at radius 2 is 2.27 bits per heavy atom. The van der Waals surface area contributed by atoms with E-state index in [0.29, 0.717) is 23.6 Å². The average molecular weight is 323 g/mol. The summed E-state index contributed by atoms with van der Waals surface area (Å²) in [7, 11) is 0. The van der Waals surface area contributed by atoms with Crippen LogP contribution in [0, 0.1) is 0 Å². The fourth-order valence-electron chi connectivity index (χ4n) is 3.04. The molecular weight excluding hydrogens is 304 g/mol. The highest BCUT2D eigenvalue weighted by Crippen LogP contribution is 2.30. The molecular formula is C16H19ClN2O3. The number of nitrogens with zero attached hydrogens (tertiary/aromatic N) is 1. The van der Waals surface area contributed by atoms with Crippen LogP contribution in [0.2, 0.25) is 5.02 Å². The number of carbonyl (C=O) groups is 2. The van der Waals surface area contributed by atoms with Crippen LogP contribution in [0.5, 0.6) is 0 Å². The van der Waals surface area contributed by atoms with Gasteiger partial charge < -0.3 is 10.1 Å². The van der Waals surface area contributed by atoms with Crippen LogP contribution in [0.4, 0.5) is 4.79 Å². The molecule has 0 radical (unpaired) electrons. The predicted molar refractivity (Wildman–Crippen MR) is 82.6 cm³/mol. The quantitative estimate of drug-likeness (QED) is 0.867. The van der Waals surface area contributed by atoms with E-state index in [-0.39, 0.29) is 18.0 Å². The first-order valence-corrected chi connectivity index (χ1v) is 7.90. The highest BCUT2D eigenvalue weighted by atomic mass is 35.5. The lowest BCUT2D eigenvalue weighted by molar-refractivity contribution is -0.131. The molecule has 118 valence electrons. The van der Waals surface area contributed by atoms with E-state index in [4.69, 9.17) is 16.3 Å². The number of nitrogens with one attached hydrogen (secondary N) is 1. The fraction of sp³-hybridized carbons (Fsp3) is 0.500. The molecule has 0 saturated carbocycles. The third-order valence-corrected chi connectivity index (χ3v) is 4.61. The minimum absolute atomic E-state index is 0.152. The summed E-state index contributed by atoms with van der Waals surface area (Å²) < 4.78 is 5.55. The van der Waals surface area contributed by atoms with Gasteiger partial charge >= 0.3 is 6.03 Å². The average Bonchev–Trinajstić information content (AvgIpc) is 3.06. The molecule has 2 aliphatic heterocycles. The van der Waals surface area contributed by atoms with Gasteiger partial charge in [0.2, 0.25) is 0 Å². The molecule has 2 aliphatic rings. The van der Waals surface area contributed by atoms with E-state index >= 15 is 0 Å². The van der Waals surface area contributed by atoms with Gasteiger partial charge in [0, 0.05) is 18.2 Å². The number of hydrogen-bond donors (Lipinski definition) is 1. The Labute approximate surface area is 134 Å². The summed E-state index contributed by atoms with van der Waals surface area (Å²) in [6.07, 6.45) is 2.88. The Bertz CT molecular complexity index is 601. The SMILES string of the molecule is C[C@@]1(c2cccc(Cl)c2)NC(=O)N(CC[C@H]2CCCO2)C1=O. The molecule has 22 heavy (non-hydrogen) atoms. The lowest BCUT2D eigenvalue weighted by Gasteiger charge is -2.22. The topological polar surface area (TPSA) is 58.6 Å². The van der Waals surface area contributed by atoms with Crippen molar-refractivity contribution in [1.82, 2.24) is 10.2 Å². The first-order valence-electron chi connectivity index (χ1n) is 7.52. The van der Waals surface area contributed by atoms with E-state index in [1.54, 1.807) is 31.2 Å². The van der Waals surface area contributed by atoms with E-state index in [1.165, 1.54) is 4.90 Å². The van der Waals surface area contributed by atoms with Gasteiger partial charge in [0.25, 0.3) is 5.91 Å². The molecule has 6 heteroatoms. The highest BCUT2D eigenvalue weighted by molar-refractivity contribution is 6.30. The zero-order valence-electron chi connectivity index (χ0n) is 12.5. The van der Waals surface area contributed by atoms with E-state index in [2.05, 4.69) is 5.32 Å². The normalized spacial score (nSPS) is 28.3. The van der Waals surface area contributed by atoms with Gasteiger partial charge in [-0.15, -0.1) is 0 Å². The van der Waals surface area contributed by atoms with Crippen molar-refractivity contribution in [3.8, 4) is 0 Å². The number of rotatable bonds is 4. The summed E-state index contributed by atoms with van der Waals surface area (Å²) in [4.78, 5) is 26.2. The number of amides is 3. The van der Waals surface area contributed by atoms with Crippen molar-refractivity contribution in [2.75, 3.05) is 13.2 Å². The van der Waals surface area contributed by atoms with Crippen molar-refractivity contribution in [1.29, 1.82) is 0 Å². The van der Waals surface area contributed by atoms with Gasteiger partial charge in [-0.2, -0.15) is 0 Å². The van der Waals surface area contributed by atoms with Crippen molar-refractivity contribution in [2.24, 2.45) is 0 Å². The number of imide groups is 1. The van der Waals surface area contributed by atoms with E-state index in [9.17, 15) is 9.59 Å².